The summed E-state index contributed by atoms with van der Waals surface area (Å²) >= 11 is 0. The molecule has 0 radical (unpaired) electrons. The summed E-state index contributed by atoms with van der Waals surface area (Å²) in [6.45, 7) is 15.5. The lowest BCUT2D eigenvalue weighted by Gasteiger charge is -2.36. The van der Waals surface area contributed by atoms with Gasteiger partial charge in [-0.2, -0.15) is 0 Å². The molecule has 15 heteroatoms. The molecule has 0 aromatic heterocycles. The van der Waals surface area contributed by atoms with Gasteiger partial charge in [0.05, 0.1) is 35.4 Å². The van der Waals surface area contributed by atoms with Crippen LogP contribution < -0.4 is 28.7 Å². The Morgan fingerprint density at radius 2 is 1.19 bits per heavy atom. The Balaban J connectivity index is 0.000000205. The number of hydrogen-bond acceptors (Lipinski definition) is 9. The summed E-state index contributed by atoms with van der Waals surface area (Å²) in [7, 11) is -1.96. The van der Waals surface area contributed by atoms with E-state index in [4.69, 9.17) is 9.47 Å². The van der Waals surface area contributed by atoms with Gasteiger partial charge >= 0.3 is 0 Å². The van der Waals surface area contributed by atoms with Crippen LogP contribution in [-0.2, 0) is 26.4 Å². The number of anilines is 4. The first kappa shape index (κ1) is 50.0. The molecule has 2 N–H and O–H groups in total. The van der Waals surface area contributed by atoms with E-state index in [1.807, 2.05) is 78.6 Å². The van der Waals surface area contributed by atoms with Gasteiger partial charge < -0.3 is 33.8 Å². The largest absolute Gasteiger partial charge is 0.495 e. The van der Waals surface area contributed by atoms with Crippen molar-refractivity contribution in [3.63, 3.8) is 0 Å². The predicted octanol–water partition coefficient (Wildman–Crippen LogP) is 9.17. The number of methoxy groups -OCH3 is 2. The second kappa shape index (κ2) is 22.1. The van der Waals surface area contributed by atoms with Crippen molar-refractivity contribution in [2.45, 2.75) is 49.8 Å². The van der Waals surface area contributed by atoms with Crippen molar-refractivity contribution < 1.29 is 31.7 Å². The molecule has 2 fully saturated rings. The third-order valence-corrected chi connectivity index (χ3v) is 14.7. The molecule has 2 aliphatic rings. The van der Waals surface area contributed by atoms with Crippen molar-refractivity contribution in [3.05, 3.63) is 167 Å². The lowest BCUT2D eigenvalue weighted by molar-refractivity contribution is 0.0738. The Labute approximate surface area is 409 Å². The van der Waals surface area contributed by atoms with Crippen LogP contribution in [0.4, 0.5) is 22.7 Å². The monoisotopic (exact) mass is 970 g/mol. The molecule has 0 aliphatic carbocycles. The first-order chi connectivity index (χ1) is 33.0. The number of sulfonamides is 1. The zero-order chi connectivity index (χ0) is 49.3. The minimum absolute atomic E-state index is 0.0424. The fourth-order valence-electron chi connectivity index (χ4n) is 8.26. The quantitative estimate of drug-likeness (QED) is 0.123. The lowest BCUT2D eigenvalue weighted by Crippen LogP contribution is -2.49. The van der Waals surface area contributed by atoms with Gasteiger partial charge in [-0.05, 0) is 115 Å². The van der Waals surface area contributed by atoms with Crippen LogP contribution in [-0.4, -0.2) is 101 Å². The topological polar surface area (TPSA) is 141 Å². The van der Waals surface area contributed by atoms with E-state index in [2.05, 4.69) is 53.0 Å². The highest BCUT2D eigenvalue weighted by Crippen LogP contribution is 2.32. The highest BCUT2D eigenvalue weighted by Gasteiger charge is 2.27. The number of nitrogens with zero attached hydrogens (tertiary/aromatic N) is 4. The third-order valence-electron chi connectivity index (χ3n) is 12.3. The molecule has 0 spiro atoms. The molecule has 13 nitrogen and oxygen atoms in total. The Morgan fingerprint density at radius 3 is 1.83 bits per heavy atom. The molecule has 69 heavy (non-hydrogen) atoms. The van der Waals surface area contributed by atoms with Crippen LogP contribution in [0.5, 0.6) is 11.5 Å². The Bertz CT molecular complexity index is 2870. The lowest BCUT2D eigenvalue weighted by atomic mass is 9.87. The highest BCUT2D eigenvalue weighted by atomic mass is 32.2. The number of nitrogens with one attached hydrogen (secondary N) is 2. The summed E-state index contributed by atoms with van der Waals surface area (Å²) in [6.07, 6.45) is 0. The van der Waals surface area contributed by atoms with Gasteiger partial charge in [-0.25, -0.2) is 12.6 Å². The minimum atomic E-state index is -3.81. The minimum Gasteiger partial charge on any atom is -0.495 e. The number of ether oxygens (including phenoxy) is 2. The van der Waals surface area contributed by atoms with Crippen LogP contribution in [0.15, 0.2) is 149 Å². The average Bonchev–Trinajstić information content (AvgIpc) is 3.36. The number of para-hydroxylation sites is 3. The number of amides is 2. The summed E-state index contributed by atoms with van der Waals surface area (Å²) in [5, 5.41) is 0. The van der Waals surface area contributed by atoms with E-state index in [9.17, 15) is 22.2 Å². The predicted molar refractivity (Wildman–Crippen MR) is 277 cm³/mol. The molecule has 1 unspecified atom stereocenters. The van der Waals surface area contributed by atoms with Crippen molar-refractivity contribution in [2.75, 3.05) is 85.8 Å². The second-order valence-corrected chi connectivity index (χ2v) is 21.0. The van der Waals surface area contributed by atoms with E-state index in [0.717, 1.165) is 47.2 Å². The summed E-state index contributed by atoms with van der Waals surface area (Å²) in [5.41, 5.74) is 7.45. The first-order valence-corrected chi connectivity index (χ1v) is 25.6. The molecule has 0 saturated carbocycles. The van der Waals surface area contributed by atoms with E-state index in [1.165, 1.54) is 23.3 Å². The summed E-state index contributed by atoms with van der Waals surface area (Å²) in [4.78, 5) is 35.3. The number of benzene rings is 6. The number of hydrogen-bond donors (Lipinski definition) is 2. The van der Waals surface area contributed by atoms with Crippen LogP contribution in [0.2, 0.25) is 0 Å². The maximum Gasteiger partial charge on any atom is 0.261 e. The van der Waals surface area contributed by atoms with E-state index in [1.54, 1.807) is 73.7 Å². The molecule has 0 bridgehead atoms. The van der Waals surface area contributed by atoms with Crippen LogP contribution in [0.25, 0.3) is 0 Å². The fraction of sp³-hybridized carbons (Fsp3) is 0.296. The standard InChI is InChI=1S/C29H35N3O3S.C25H27N3O4S/c1-21-9-14-27(35-5)26(19-21)31-15-17-32(18-16-31)28(33)22-7-6-8-25(20-22)36(34)30-24-12-10-23(11-13-24)29(2,3)4;1-19-12-13-21(33(30,31)26-20-8-4-3-5-9-20)18-22(19)25(29)28-16-14-27(15-17-28)23-10-6-7-11-24(23)32-2/h6-14,19-20,30H,15-18H2,1-5H3;3-13,18,26H,14-17H2,1-2H3. The van der Waals surface area contributed by atoms with Crippen LogP contribution in [0, 0.1) is 13.8 Å². The van der Waals surface area contributed by atoms with Crippen LogP contribution >= 0.6 is 0 Å². The van der Waals surface area contributed by atoms with E-state index in [-0.39, 0.29) is 22.1 Å². The zero-order valence-electron chi connectivity index (χ0n) is 40.4. The number of piperazine rings is 2. The van der Waals surface area contributed by atoms with Gasteiger partial charge in [0.15, 0.2) is 0 Å². The fourth-order valence-corrected chi connectivity index (χ4v) is 10.2. The Morgan fingerprint density at radius 1 is 0.594 bits per heavy atom. The molecule has 2 aliphatic heterocycles. The summed E-state index contributed by atoms with van der Waals surface area (Å²) in [6, 6.07) is 42.4. The number of carbonyl (C=O) groups is 2. The zero-order valence-corrected chi connectivity index (χ0v) is 42.0. The third kappa shape index (κ3) is 12.4. The molecule has 362 valence electrons. The number of rotatable bonds is 12. The van der Waals surface area contributed by atoms with E-state index in [0.29, 0.717) is 61.0 Å². The van der Waals surface area contributed by atoms with Gasteiger partial charge in [-0.15, -0.1) is 0 Å². The smallest absolute Gasteiger partial charge is 0.261 e. The molecule has 2 heterocycles. The van der Waals surface area contributed by atoms with E-state index >= 15 is 0 Å². The molecule has 2 amide bonds. The SMILES string of the molecule is COc1ccc(C)cc1N1CCN(C(=O)c2cccc(S(=O)Nc3ccc(C(C)(C)C)cc3)c2)CC1.COc1ccccc1N1CCN(C(=O)c2cc(S(=O)(=O)Nc3ccccc3)ccc2C)CC1. The molecular weight excluding hydrogens is 909 g/mol. The molecule has 2 saturated heterocycles. The Hall–Kier alpha value is -6.84. The molecule has 8 rings (SSSR count). The first-order valence-electron chi connectivity index (χ1n) is 23.0. The molecular formula is C54H62N6O7S2. The van der Waals surface area contributed by atoms with E-state index < -0.39 is 21.0 Å². The average molecular weight is 971 g/mol. The maximum absolute atomic E-state index is 13.3. The van der Waals surface area contributed by atoms with Gasteiger partial charge in [-0.3, -0.25) is 14.3 Å². The van der Waals surface area contributed by atoms with Crippen molar-refractivity contribution in [1.29, 1.82) is 0 Å². The molecule has 6 aromatic rings. The molecule has 6 aromatic carbocycles. The van der Waals surface area contributed by atoms with Crippen LogP contribution in [0.1, 0.15) is 58.2 Å². The summed E-state index contributed by atoms with van der Waals surface area (Å²) in [5.74, 6) is 1.44. The molecule has 1 atom stereocenters. The Kier molecular flexibility index (Phi) is 16.0. The number of aryl methyl sites for hydroxylation is 2. The number of carbonyl (C=O) groups excluding carboxylic acids is 2. The van der Waals surface area contributed by atoms with Gasteiger partial charge in [0.2, 0.25) is 0 Å². The van der Waals surface area contributed by atoms with Crippen molar-refractivity contribution in [3.8, 4) is 11.5 Å². The highest BCUT2D eigenvalue weighted by molar-refractivity contribution is 7.92. The van der Waals surface area contributed by atoms with Crippen molar-refractivity contribution >= 4 is 55.6 Å². The van der Waals surface area contributed by atoms with Gasteiger partial charge in [0.1, 0.15) is 22.5 Å². The van der Waals surface area contributed by atoms with Crippen LogP contribution in [0.3, 0.4) is 0 Å². The van der Waals surface area contributed by atoms with Gasteiger partial charge in [0.25, 0.3) is 21.8 Å². The van der Waals surface area contributed by atoms with Gasteiger partial charge in [-0.1, -0.05) is 81.4 Å². The van der Waals surface area contributed by atoms with Crippen molar-refractivity contribution in [1.82, 2.24) is 9.80 Å². The summed E-state index contributed by atoms with van der Waals surface area (Å²) < 4.78 is 55.3. The van der Waals surface area contributed by atoms with Gasteiger partial charge in [0, 0.05) is 74.9 Å². The normalized spacial score (nSPS) is 14.5. The second-order valence-electron chi connectivity index (χ2n) is 18.1. The van der Waals surface area contributed by atoms with Crippen molar-refractivity contribution in [2.24, 2.45) is 0 Å². The maximum atomic E-state index is 13.3.